The third-order valence-electron chi connectivity index (χ3n) is 2.55. The number of nitrogens with one attached hydrogen (secondary N) is 2. The summed E-state index contributed by atoms with van der Waals surface area (Å²) >= 11 is 0. The Labute approximate surface area is 117 Å². The van der Waals surface area contributed by atoms with Gasteiger partial charge < -0.3 is 10.6 Å². The molecule has 1 rings (SSSR count). The average molecular weight is 280 g/mol. The quantitative estimate of drug-likeness (QED) is 0.587. The van der Waals surface area contributed by atoms with Crippen LogP contribution in [0.15, 0.2) is 12.3 Å². The molecule has 1 amide bonds. The van der Waals surface area contributed by atoms with Gasteiger partial charge in [-0.2, -0.15) is 0 Å². The lowest BCUT2D eigenvalue weighted by Crippen LogP contribution is -2.28. The summed E-state index contributed by atoms with van der Waals surface area (Å²) < 4.78 is 0. The van der Waals surface area contributed by atoms with Gasteiger partial charge in [0.15, 0.2) is 0 Å². The van der Waals surface area contributed by atoms with Crippen LogP contribution < -0.4 is 10.6 Å². The fraction of sp³-hybridized carbons (Fsp3) is 0.538. The van der Waals surface area contributed by atoms with E-state index in [1.807, 2.05) is 13.8 Å². The first kappa shape index (κ1) is 15.9. The van der Waals surface area contributed by atoms with Crippen LogP contribution in [0.1, 0.15) is 25.8 Å². The van der Waals surface area contributed by atoms with Crippen LogP contribution in [0.4, 0.5) is 11.5 Å². The third-order valence-corrected chi connectivity index (χ3v) is 2.55. The number of amides is 1. The first-order chi connectivity index (χ1) is 9.40. The number of nitro groups is 1. The summed E-state index contributed by atoms with van der Waals surface area (Å²) in [6.07, 6.45) is 1.80. The van der Waals surface area contributed by atoms with Gasteiger partial charge in [-0.3, -0.25) is 14.9 Å². The number of hydrogen-bond donors (Lipinski definition) is 2. The van der Waals surface area contributed by atoms with E-state index in [2.05, 4.69) is 15.6 Å². The van der Waals surface area contributed by atoms with Crippen LogP contribution in [0.2, 0.25) is 0 Å². The molecular formula is C13H20N4O3. The van der Waals surface area contributed by atoms with Gasteiger partial charge in [0.25, 0.3) is 0 Å². The second-order valence-electron chi connectivity index (χ2n) is 5.01. The number of carbonyl (C=O) groups excluding carboxylic acids is 1. The van der Waals surface area contributed by atoms with Crippen molar-refractivity contribution in [2.75, 3.05) is 18.4 Å². The molecular weight excluding hydrogens is 260 g/mol. The Balaban J connectivity index is 2.50. The molecule has 0 aliphatic heterocycles. The molecule has 0 radical (unpaired) electrons. The standard InChI is InChI=1S/C13H20N4O3/c1-9(2)7-15-12(18)4-5-14-13-11(17(19)20)6-10(3)8-16-13/h6,8-9H,4-5,7H2,1-3H3,(H,14,16)(H,15,18). The van der Waals surface area contributed by atoms with Crippen LogP contribution in [0.5, 0.6) is 0 Å². The maximum absolute atomic E-state index is 11.5. The predicted molar refractivity (Wildman–Crippen MR) is 76.6 cm³/mol. The van der Waals surface area contributed by atoms with Crippen LogP contribution in [-0.4, -0.2) is 28.9 Å². The molecule has 0 atom stereocenters. The predicted octanol–water partition coefficient (Wildman–Crippen LogP) is 1.87. The van der Waals surface area contributed by atoms with E-state index in [1.165, 1.54) is 6.07 Å². The summed E-state index contributed by atoms with van der Waals surface area (Å²) in [5.41, 5.74) is 0.643. The molecule has 0 saturated carbocycles. The van der Waals surface area contributed by atoms with E-state index >= 15 is 0 Å². The topological polar surface area (TPSA) is 97.2 Å². The lowest BCUT2D eigenvalue weighted by atomic mass is 10.2. The average Bonchev–Trinajstić information content (AvgIpc) is 2.37. The van der Waals surface area contributed by atoms with Crippen molar-refractivity contribution in [3.05, 3.63) is 27.9 Å². The molecule has 7 heteroatoms. The molecule has 0 spiro atoms. The number of nitrogens with zero attached hydrogens (tertiary/aromatic N) is 2. The van der Waals surface area contributed by atoms with E-state index in [4.69, 9.17) is 0 Å². The summed E-state index contributed by atoms with van der Waals surface area (Å²) in [6, 6.07) is 1.45. The molecule has 0 fully saturated rings. The van der Waals surface area contributed by atoms with Gasteiger partial charge in [0.05, 0.1) is 4.92 Å². The Bertz CT molecular complexity index is 489. The molecule has 0 aliphatic carbocycles. The minimum Gasteiger partial charge on any atom is -0.364 e. The lowest BCUT2D eigenvalue weighted by molar-refractivity contribution is -0.384. The van der Waals surface area contributed by atoms with E-state index in [-0.39, 0.29) is 23.8 Å². The Morgan fingerprint density at radius 1 is 1.50 bits per heavy atom. The van der Waals surface area contributed by atoms with Gasteiger partial charge in [-0.05, 0) is 18.4 Å². The number of aromatic nitrogens is 1. The van der Waals surface area contributed by atoms with Gasteiger partial charge >= 0.3 is 5.69 Å². The largest absolute Gasteiger partial charge is 0.364 e. The molecule has 0 aromatic carbocycles. The second-order valence-corrected chi connectivity index (χ2v) is 5.01. The molecule has 0 unspecified atom stereocenters. The zero-order valence-electron chi connectivity index (χ0n) is 12.0. The van der Waals surface area contributed by atoms with Crippen molar-refractivity contribution in [1.29, 1.82) is 0 Å². The molecule has 1 aromatic heterocycles. The molecule has 7 nitrogen and oxygen atoms in total. The number of anilines is 1. The maximum atomic E-state index is 11.5. The van der Waals surface area contributed by atoms with Crippen molar-refractivity contribution < 1.29 is 9.72 Å². The SMILES string of the molecule is Cc1cnc(NCCC(=O)NCC(C)C)c([N+](=O)[O-])c1. The van der Waals surface area contributed by atoms with Gasteiger partial charge in [0.2, 0.25) is 11.7 Å². The second kappa shape index (κ2) is 7.42. The maximum Gasteiger partial charge on any atom is 0.311 e. The zero-order valence-corrected chi connectivity index (χ0v) is 12.0. The van der Waals surface area contributed by atoms with E-state index in [0.717, 1.165) is 5.56 Å². The molecule has 0 bridgehead atoms. The van der Waals surface area contributed by atoms with Gasteiger partial charge in [-0.15, -0.1) is 0 Å². The van der Waals surface area contributed by atoms with Crippen molar-refractivity contribution >= 4 is 17.4 Å². The first-order valence-electron chi connectivity index (χ1n) is 6.51. The number of rotatable bonds is 7. The monoisotopic (exact) mass is 280 g/mol. The van der Waals surface area contributed by atoms with Crippen LogP contribution in [0.25, 0.3) is 0 Å². The summed E-state index contributed by atoms with van der Waals surface area (Å²) in [5, 5.41) is 16.5. The summed E-state index contributed by atoms with van der Waals surface area (Å²) in [6.45, 7) is 6.70. The highest BCUT2D eigenvalue weighted by Gasteiger charge is 2.15. The van der Waals surface area contributed by atoms with E-state index in [9.17, 15) is 14.9 Å². The van der Waals surface area contributed by atoms with Gasteiger partial charge in [0.1, 0.15) is 0 Å². The van der Waals surface area contributed by atoms with Crippen LogP contribution in [-0.2, 0) is 4.79 Å². The molecule has 0 aliphatic rings. The van der Waals surface area contributed by atoms with E-state index < -0.39 is 4.92 Å². The lowest BCUT2D eigenvalue weighted by Gasteiger charge is -2.09. The summed E-state index contributed by atoms with van der Waals surface area (Å²) in [5.74, 6) is 0.505. The Morgan fingerprint density at radius 3 is 2.80 bits per heavy atom. The Morgan fingerprint density at radius 2 is 2.20 bits per heavy atom. The summed E-state index contributed by atoms with van der Waals surface area (Å²) in [4.78, 5) is 25.9. The number of carbonyl (C=O) groups is 1. The van der Waals surface area contributed by atoms with Crippen molar-refractivity contribution in [2.45, 2.75) is 27.2 Å². The molecule has 0 saturated heterocycles. The van der Waals surface area contributed by atoms with Crippen LogP contribution in [0, 0.1) is 23.0 Å². The van der Waals surface area contributed by atoms with Crippen molar-refractivity contribution in [3.8, 4) is 0 Å². The Hall–Kier alpha value is -2.18. The number of hydrogen-bond acceptors (Lipinski definition) is 5. The summed E-state index contributed by atoms with van der Waals surface area (Å²) in [7, 11) is 0. The van der Waals surface area contributed by atoms with Gasteiger partial charge in [-0.1, -0.05) is 13.8 Å². The minimum atomic E-state index is -0.485. The van der Waals surface area contributed by atoms with Gasteiger partial charge in [0, 0.05) is 31.8 Å². The van der Waals surface area contributed by atoms with Crippen LogP contribution >= 0.6 is 0 Å². The fourth-order valence-corrected chi connectivity index (χ4v) is 1.53. The van der Waals surface area contributed by atoms with Crippen LogP contribution in [0.3, 0.4) is 0 Å². The van der Waals surface area contributed by atoms with E-state index in [1.54, 1.807) is 13.1 Å². The highest BCUT2D eigenvalue weighted by molar-refractivity contribution is 5.76. The highest BCUT2D eigenvalue weighted by Crippen LogP contribution is 2.22. The smallest absolute Gasteiger partial charge is 0.311 e. The minimum absolute atomic E-state index is 0.0763. The molecule has 1 heterocycles. The normalized spacial score (nSPS) is 10.4. The van der Waals surface area contributed by atoms with Crippen molar-refractivity contribution in [3.63, 3.8) is 0 Å². The number of aryl methyl sites for hydroxylation is 1. The first-order valence-corrected chi connectivity index (χ1v) is 6.51. The van der Waals surface area contributed by atoms with E-state index in [0.29, 0.717) is 19.0 Å². The molecule has 2 N–H and O–H groups in total. The molecule has 20 heavy (non-hydrogen) atoms. The Kier molecular flexibility index (Phi) is 5.89. The zero-order chi connectivity index (χ0) is 15.1. The molecule has 110 valence electrons. The number of pyridine rings is 1. The van der Waals surface area contributed by atoms with Crippen molar-refractivity contribution in [1.82, 2.24) is 10.3 Å². The fourth-order valence-electron chi connectivity index (χ4n) is 1.53. The van der Waals surface area contributed by atoms with Crippen molar-refractivity contribution in [2.24, 2.45) is 5.92 Å². The third kappa shape index (κ3) is 5.21. The highest BCUT2D eigenvalue weighted by atomic mass is 16.6. The molecule has 1 aromatic rings. The van der Waals surface area contributed by atoms with Gasteiger partial charge in [-0.25, -0.2) is 4.98 Å².